The highest BCUT2D eigenvalue weighted by Gasteiger charge is 2.08. The molecule has 4 nitrogen and oxygen atoms in total. The van der Waals surface area contributed by atoms with Crippen LogP contribution < -0.4 is 0 Å². The van der Waals surface area contributed by atoms with Crippen molar-refractivity contribution in [3.63, 3.8) is 0 Å². The molecule has 0 aromatic heterocycles. The summed E-state index contributed by atoms with van der Waals surface area (Å²) in [5.41, 5.74) is 0. The summed E-state index contributed by atoms with van der Waals surface area (Å²) < 4.78 is 0. The second-order valence-electron chi connectivity index (χ2n) is 6.10. The van der Waals surface area contributed by atoms with E-state index in [1.807, 2.05) is 19.1 Å². The maximum atomic E-state index is 10.3. The molecule has 0 aromatic rings. The molecule has 0 spiro atoms. The number of aliphatic hydroxyl groups is 2. The Morgan fingerprint density at radius 1 is 0.864 bits per heavy atom. The molecule has 0 saturated heterocycles. The summed E-state index contributed by atoms with van der Waals surface area (Å²) in [7, 11) is 0. The van der Waals surface area contributed by atoms with Gasteiger partial charge in [-0.1, -0.05) is 50.7 Å². The Hall–Kier alpha value is -0.870. The number of hydrogen-bond acceptors (Lipinski definition) is 3. The minimum atomic E-state index is -0.704. The molecule has 22 heavy (non-hydrogen) atoms. The average Bonchev–Trinajstić information content (AvgIpc) is 2.48. The van der Waals surface area contributed by atoms with Crippen LogP contribution in [-0.2, 0) is 4.79 Å². The van der Waals surface area contributed by atoms with Gasteiger partial charge in [0.05, 0.1) is 12.2 Å². The van der Waals surface area contributed by atoms with Crippen LogP contribution in [0.3, 0.4) is 0 Å². The Balaban J connectivity index is 3.31. The first-order valence-corrected chi connectivity index (χ1v) is 8.75. The number of hydrogen-bond donors (Lipinski definition) is 3. The second-order valence-corrected chi connectivity index (χ2v) is 6.10. The molecule has 0 fully saturated rings. The fraction of sp³-hybridized carbons (Fsp3) is 0.833. The third-order valence-corrected chi connectivity index (χ3v) is 3.90. The predicted molar refractivity (Wildman–Crippen MR) is 89.9 cm³/mol. The normalized spacial score (nSPS) is 14.3. The lowest BCUT2D eigenvalue weighted by molar-refractivity contribution is -0.137. The lowest BCUT2D eigenvalue weighted by atomic mass is 10.0. The molecule has 130 valence electrons. The van der Waals surface area contributed by atoms with Gasteiger partial charge in [0.15, 0.2) is 0 Å². The molecule has 0 bridgehead atoms. The molecule has 3 N–H and O–H groups in total. The summed E-state index contributed by atoms with van der Waals surface area (Å²) in [6.45, 7) is 1.94. The van der Waals surface area contributed by atoms with Crippen molar-refractivity contribution >= 4 is 5.97 Å². The van der Waals surface area contributed by atoms with Crippen LogP contribution in [-0.4, -0.2) is 33.5 Å². The number of unbranched alkanes of at least 4 members (excludes halogenated alkanes) is 6. The molecule has 0 radical (unpaired) electrons. The zero-order valence-electron chi connectivity index (χ0n) is 14.0. The van der Waals surface area contributed by atoms with Gasteiger partial charge in [-0.25, -0.2) is 0 Å². The molecular formula is C18H34O4. The number of carboxylic acids is 1. The summed E-state index contributed by atoms with van der Waals surface area (Å²) in [6, 6.07) is 0. The monoisotopic (exact) mass is 314 g/mol. The van der Waals surface area contributed by atoms with E-state index in [9.17, 15) is 15.0 Å². The van der Waals surface area contributed by atoms with Crippen molar-refractivity contribution in [2.45, 2.75) is 96.2 Å². The van der Waals surface area contributed by atoms with Crippen LogP contribution >= 0.6 is 0 Å². The maximum absolute atomic E-state index is 10.3. The van der Waals surface area contributed by atoms with Gasteiger partial charge in [-0.2, -0.15) is 0 Å². The molecule has 0 aromatic carbocycles. The van der Waals surface area contributed by atoms with Crippen molar-refractivity contribution in [1.29, 1.82) is 0 Å². The van der Waals surface area contributed by atoms with Gasteiger partial charge in [-0.3, -0.25) is 4.79 Å². The first-order chi connectivity index (χ1) is 10.6. The van der Waals surface area contributed by atoms with E-state index in [1.54, 1.807) is 0 Å². The molecule has 0 aliphatic carbocycles. The van der Waals surface area contributed by atoms with Gasteiger partial charge in [-0.05, 0) is 39.0 Å². The molecule has 0 rings (SSSR count). The second kappa shape index (κ2) is 15.0. The van der Waals surface area contributed by atoms with E-state index in [0.717, 1.165) is 51.4 Å². The van der Waals surface area contributed by atoms with E-state index in [4.69, 9.17) is 5.11 Å². The number of aliphatic hydroxyl groups excluding tert-OH is 2. The summed E-state index contributed by atoms with van der Waals surface area (Å²) in [4.78, 5) is 10.3. The highest BCUT2D eigenvalue weighted by atomic mass is 16.4. The molecule has 2 unspecified atom stereocenters. The van der Waals surface area contributed by atoms with Crippen molar-refractivity contribution < 1.29 is 20.1 Å². The Labute approximate surface area is 135 Å². The number of carboxylic acid groups (broad SMARTS) is 1. The van der Waals surface area contributed by atoms with Crippen molar-refractivity contribution in [3.05, 3.63) is 12.2 Å². The Morgan fingerprint density at radius 2 is 1.41 bits per heavy atom. The van der Waals surface area contributed by atoms with Crippen LogP contribution in [0.15, 0.2) is 12.2 Å². The summed E-state index contributed by atoms with van der Waals surface area (Å²) in [6.07, 6.45) is 13.7. The van der Waals surface area contributed by atoms with Gasteiger partial charge >= 0.3 is 5.97 Å². The Morgan fingerprint density at radius 3 is 2.00 bits per heavy atom. The van der Waals surface area contributed by atoms with Crippen molar-refractivity contribution in [1.82, 2.24) is 0 Å². The van der Waals surface area contributed by atoms with Crippen molar-refractivity contribution in [3.8, 4) is 0 Å². The lowest BCUT2D eigenvalue weighted by Crippen LogP contribution is -2.12. The minimum absolute atomic E-state index is 0.284. The van der Waals surface area contributed by atoms with Gasteiger partial charge < -0.3 is 15.3 Å². The number of rotatable bonds is 15. The van der Waals surface area contributed by atoms with Crippen molar-refractivity contribution in [2.75, 3.05) is 0 Å². The number of carbonyl (C=O) groups is 1. The number of aliphatic carboxylic acids is 1. The topological polar surface area (TPSA) is 77.8 Å². The van der Waals surface area contributed by atoms with Crippen LogP contribution in [0.1, 0.15) is 84.0 Å². The largest absolute Gasteiger partial charge is 0.481 e. The SMILES string of the molecule is CC=CCC(O)CCC(O)CCCCCCCCCC(=O)O. The standard InChI is InChI=1S/C18H34O4/c1-2-3-11-16(19)14-15-17(20)12-9-7-5-4-6-8-10-13-18(21)22/h2-3,16-17,19-20H,4-15H2,1H3,(H,21,22). The zero-order chi connectivity index (χ0) is 16.6. The first-order valence-electron chi connectivity index (χ1n) is 8.75. The molecule has 4 heteroatoms. The van der Waals surface area contributed by atoms with Gasteiger partial charge in [0.1, 0.15) is 0 Å². The average molecular weight is 314 g/mol. The van der Waals surface area contributed by atoms with Crippen molar-refractivity contribution in [2.24, 2.45) is 0 Å². The summed E-state index contributed by atoms with van der Waals surface area (Å²) in [5.74, 6) is -0.704. The molecule has 0 saturated carbocycles. The predicted octanol–water partition coefficient (Wildman–Crippen LogP) is 4.05. The van der Waals surface area contributed by atoms with E-state index in [1.165, 1.54) is 0 Å². The summed E-state index contributed by atoms with van der Waals surface area (Å²) in [5, 5.41) is 28.1. The van der Waals surface area contributed by atoms with Crippen LogP contribution in [0.2, 0.25) is 0 Å². The molecule has 0 aliphatic heterocycles. The first kappa shape index (κ1) is 21.1. The van der Waals surface area contributed by atoms with Gasteiger partial charge in [-0.15, -0.1) is 0 Å². The number of allylic oxidation sites excluding steroid dienone is 1. The van der Waals surface area contributed by atoms with E-state index in [0.29, 0.717) is 19.3 Å². The Kier molecular flexibility index (Phi) is 14.4. The highest BCUT2D eigenvalue weighted by molar-refractivity contribution is 5.66. The van der Waals surface area contributed by atoms with E-state index in [2.05, 4.69) is 0 Å². The van der Waals surface area contributed by atoms with Crippen LogP contribution in [0.4, 0.5) is 0 Å². The third kappa shape index (κ3) is 15.5. The smallest absolute Gasteiger partial charge is 0.303 e. The van der Waals surface area contributed by atoms with E-state index >= 15 is 0 Å². The fourth-order valence-electron chi connectivity index (χ4n) is 2.48. The maximum Gasteiger partial charge on any atom is 0.303 e. The van der Waals surface area contributed by atoms with Crippen LogP contribution in [0, 0.1) is 0 Å². The van der Waals surface area contributed by atoms with Gasteiger partial charge in [0.25, 0.3) is 0 Å². The third-order valence-electron chi connectivity index (χ3n) is 3.90. The van der Waals surface area contributed by atoms with Gasteiger partial charge in [0, 0.05) is 6.42 Å². The molecular weight excluding hydrogens is 280 g/mol. The van der Waals surface area contributed by atoms with E-state index < -0.39 is 5.97 Å². The zero-order valence-corrected chi connectivity index (χ0v) is 14.0. The molecule has 0 heterocycles. The van der Waals surface area contributed by atoms with Crippen LogP contribution in [0.5, 0.6) is 0 Å². The molecule has 0 amide bonds. The van der Waals surface area contributed by atoms with Gasteiger partial charge in [0.2, 0.25) is 0 Å². The fourth-order valence-corrected chi connectivity index (χ4v) is 2.48. The minimum Gasteiger partial charge on any atom is -0.481 e. The van der Waals surface area contributed by atoms with E-state index in [-0.39, 0.29) is 18.6 Å². The Bertz CT molecular complexity index is 289. The molecule has 2 atom stereocenters. The van der Waals surface area contributed by atoms with Crippen LogP contribution in [0.25, 0.3) is 0 Å². The lowest BCUT2D eigenvalue weighted by Gasteiger charge is -2.13. The highest BCUT2D eigenvalue weighted by Crippen LogP contribution is 2.14. The quantitative estimate of drug-likeness (QED) is 0.315. The summed E-state index contributed by atoms with van der Waals surface area (Å²) >= 11 is 0. The molecule has 0 aliphatic rings.